The van der Waals surface area contributed by atoms with Crippen LogP contribution in [0.15, 0.2) is 30.3 Å². The molecule has 2 N–H and O–H groups in total. The summed E-state index contributed by atoms with van der Waals surface area (Å²) in [5, 5.41) is 12.1. The lowest BCUT2D eigenvalue weighted by Gasteiger charge is -2.50. The van der Waals surface area contributed by atoms with Gasteiger partial charge in [-0.3, -0.25) is 0 Å². The predicted octanol–water partition coefficient (Wildman–Crippen LogP) is 2.33. The highest BCUT2D eigenvalue weighted by molar-refractivity contribution is 5.78. The van der Waals surface area contributed by atoms with Gasteiger partial charge < -0.3 is 19.9 Å². The van der Waals surface area contributed by atoms with Gasteiger partial charge in [0, 0.05) is 12.0 Å². The second-order valence-electron chi connectivity index (χ2n) is 6.50. The molecule has 2 heterocycles. The molecule has 1 aromatic carbocycles. The maximum absolute atomic E-state index is 11.8. The zero-order chi connectivity index (χ0) is 16.3. The Hall–Kier alpha value is -2.08. The first kappa shape index (κ1) is 15.8. The minimum Gasteiger partial charge on any atom is -0.479 e. The van der Waals surface area contributed by atoms with E-state index < -0.39 is 17.7 Å². The molecule has 3 fully saturated rings. The fourth-order valence-corrected chi connectivity index (χ4v) is 3.30. The number of ether oxygens (including phenoxy) is 2. The van der Waals surface area contributed by atoms with Crippen molar-refractivity contribution in [1.82, 2.24) is 5.32 Å². The van der Waals surface area contributed by atoms with Crippen LogP contribution in [0.3, 0.4) is 0 Å². The second-order valence-corrected chi connectivity index (χ2v) is 6.50. The predicted molar refractivity (Wildman–Crippen MR) is 81.8 cm³/mol. The Morgan fingerprint density at radius 3 is 2.43 bits per heavy atom. The molecule has 2 bridgehead atoms. The number of amides is 1. The minimum absolute atomic E-state index is 0.164. The van der Waals surface area contributed by atoms with E-state index in [0.29, 0.717) is 26.0 Å². The summed E-state index contributed by atoms with van der Waals surface area (Å²) in [5.74, 6) is -0.874. The Labute approximate surface area is 134 Å². The minimum atomic E-state index is -1.00. The van der Waals surface area contributed by atoms with Gasteiger partial charge in [-0.15, -0.1) is 0 Å². The summed E-state index contributed by atoms with van der Waals surface area (Å²) in [6, 6.07) is 9.49. The third-order valence-electron chi connectivity index (χ3n) is 4.98. The summed E-state index contributed by atoms with van der Waals surface area (Å²) < 4.78 is 10.8. The highest BCUT2D eigenvalue weighted by atomic mass is 16.5. The molecule has 1 saturated carbocycles. The number of carboxylic acids is 1. The number of hydrogen-bond acceptors (Lipinski definition) is 4. The van der Waals surface area contributed by atoms with Gasteiger partial charge in [0.05, 0.1) is 6.61 Å². The topological polar surface area (TPSA) is 84.9 Å². The average Bonchev–Trinajstić information content (AvgIpc) is 2.61. The molecule has 0 radical (unpaired) electrons. The molecular formula is C17H21NO5. The first-order valence-electron chi connectivity index (χ1n) is 7.86. The van der Waals surface area contributed by atoms with E-state index in [1.165, 1.54) is 0 Å². The van der Waals surface area contributed by atoms with Crippen LogP contribution in [0.4, 0.5) is 4.79 Å². The lowest BCUT2D eigenvalue weighted by molar-refractivity contribution is -0.206. The summed E-state index contributed by atoms with van der Waals surface area (Å²) in [4.78, 5) is 23.1. The number of alkyl carbamates (subject to hydrolysis) is 1. The number of rotatable bonds is 5. The Morgan fingerprint density at radius 2 is 1.87 bits per heavy atom. The van der Waals surface area contributed by atoms with Gasteiger partial charge in [-0.25, -0.2) is 9.59 Å². The van der Waals surface area contributed by atoms with Crippen LogP contribution in [0.2, 0.25) is 0 Å². The summed E-state index contributed by atoms with van der Waals surface area (Å²) in [7, 11) is 0. The number of hydrogen-bond donors (Lipinski definition) is 2. The first-order valence-corrected chi connectivity index (χ1v) is 7.86. The van der Waals surface area contributed by atoms with E-state index in [1.807, 2.05) is 30.3 Å². The fourth-order valence-electron chi connectivity index (χ4n) is 3.30. The van der Waals surface area contributed by atoms with E-state index in [4.69, 9.17) is 9.47 Å². The average molecular weight is 319 g/mol. The first-order chi connectivity index (χ1) is 11.0. The molecule has 6 nitrogen and oxygen atoms in total. The van der Waals surface area contributed by atoms with Crippen molar-refractivity contribution in [2.75, 3.05) is 13.2 Å². The molecule has 0 atom stereocenters. The van der Waals surface area contributed by atoms with Gasteiger partial charge in [0.15, 0.2) is 5.60 Å². The molecule has 0 unspecified atom stereocenters. The lowest BCUT2D eigenvalue weighted by Crippen LogP contribution is -2.58. The molecule has 4 rings (SSSR count). The van der Waals surface area contributed by atoms with Crippen LogP contribution in [0.1, 0.15) is 31.2 Å². The smallest absolute Gasteiger partial charge is 0.407 e. The van der Waals surface area contributed by atoms with Gasteiger partial charge in [-0.05, 0) is 31.2 Å². The van der Waals surface area contributed by atoms with E-state index in [9.17, 15) is 14.7 Å². The SMILES string of the molecule is O=C(NCC12CCC(C(=O)O)(CC1)OC2)OCc1ccccc1. The highest BCUT2D eigenvalue weighted by Gasteiger charge is 2.54. The summed E-state index contributed by atoms with van der Waals surface area (Å²) in [6.07, 6.45) is 2.05. The van der Waals surface area contributed by atoms with Gasteiger partial charge in [-0.2, -0.15) is 0 Å². The van der Waals surface area contributed by atoms with E-state index in [2.05, 4.69) is 5.32 Å². The fraction of sp³-hybridized carbons (Fsp3) is 0.529. The van der Waals surface area contributed by atoms with E-state index in [-0.39, 0.29) is 12.0 Å². The number of nitrogens with one attached hydrogen (secondary N) is 1. The molecule has 1 amide bonds. The number of fused-ring (bicyclic) bond motifs is 3. The molecule has 23 heavy (non-hydrogen) atoms. The Balaban J connectivity index is 1.46. The normalized spacial score (nSPS) is 29.0. The maximum Gasteiger partial charge on any atom is 0.407 e. The van der Waals surface area contributed by atoms with E-state index in [1.54, 1.807) is 0 Å². The van der Waals surface area contributed by atoms with Crippen LogP contribution in [0.25, 0.3) is 0 Å². The van der Waals surface area contributed by atoms with Gasteiger partial charge >= 0.3 is 12.1 Å². The Kier molecular flexibility index (Phi) is 4.26. The number of carbonyl (C=O) groups is 2. The van der Waals surface area contributed by atoms with E-state index >= 15 is 0 Å². The second kappa shape index (κ2) is 6.20. The van der Waals surface area contributed by atoms with Crippen LogP contribution < -0.4 is 5.32 Å². The summed E-state index contributed by atoms with van der Waals surface area (Å²) in [6.45, 7) is 1.06. The van der Waals surface area contributed by atoms with Crippen LogP contribution >= 0.6 is 0 Å². The molecule has 124 valence electrons. The third kappa shape index (κ3) is 3.32. The Bertz CT molecular complexity index is 561. The van der Waals surface area contributed by atoms with Crippen molar-refractivity contribution in [3.8, 4) is 0 Å². The molecule has 0 spiro atoms. The zero-order valence-corrected chi connectivity index (χ0v) is 12.9. The molecule has 1 aromatic rings. The van der Waals surface area contributed by atoms with Crippen LogP contribution in [-0.4, -0.2) is 35.9 Å². The van der Waals surface area contributed by atoms with Crippen LogP contribution in [-0.2, 0) is 20.9 Å². The summed E-state index contributed by atoms with van der Waals surface area (Å²) >= 11 is 0. The lowest BCUT2D eigenvalue weighted by atomic mass is 9.66. The van der Waals surface area contributed by atoms with E-state index in [0.717, 1.165) is 18.4 Å². The standard InChI is InChI=1S/C17H21NO5/c19-14(20)17-8-6-16(7-9-17,12-23-17)11-18-15(21)22-10-13-4-2-1-3-5-13/h1-5H,6-12H2,(H,18,21)(H,19,20). The molecular weight excluding hydrogens is 298 g/mol. The van der Waals surface area contributed by atoms with Crippen molar-refractivity contribution >= 4 is 12.1 Å². The molecule has 3 aliphatic rings. The van der Waals surface area contributed by atoms with Crippen LogP contribution in [0, 0.1) is 5.41 Å². The van der Waals surface area contributed by atoms with Gasteiger partial charge in [-0.1, -0.05) is 30.3 Å². The molecule has 1 aliphatic carbocycles. The molecule has 6 heteroatoms. The number of benzene rings is 1. The van der Waals surface area contributed by atoms with Gasteiger partial charge in [0.25, 0.3) is 0 Å². The van der Waals surface area contributed by atoms with Crippen molar-refractivity contribution < 1.29 is 24.2 Å². The molecule has 0 aromatic heterocycles. The monoisotopic (exact) mass is 319 g/mol. The summed E-state index contributed by atoms with van der Waals surface area (Å²) in [5.41, 5.74) is -0.232. The number of carbonyl (C=O) groups excluding carboxylic acids is 1. The number of carboxylic acid groups (broad SMARTS) is 1. The van der Waals surface area contributed by atoms with Crippen molar-refractivity contribution in [2.24, 2.45) is 5.41 Å². The van der Waals surface area contributed by atoms with Crippen molar-refractivity contribution in [3.63, 3.8) is 0 Å². The largest absolute Gasteiger partial charge is 0.479 e. The molecule has 2 saturated heterocycles. The van der Waals surface area contributed by atoms with Gasteiger partial charge in [0.1, 0.15) is 6.61 Å². The van der Waals surface area contributed by atoms with Gasteiger partial charge in [0.2, 0.25) is 0 Å². The van der Waals surface area contributed by atoms with Crippen molar-refractivity contribution in [2.45, 2.75) is 37.9 Å². The molecule has 2 aliphatic heterocycles. The highest BCUT2D eigenvalue weighted by Crippen LogP contribution is 2.48. The van der Waals surface area contributed by atoms with Crippen LogP contribution in [0.5, 0.6) is 0 Å². The Morgan fingerprint density at radius 1 is 1.17 bits per heavy atom. The quantitative estimate of drug-likeness (QED) is 0.870. The third-order valence-corrected chi connectivity index (χ3v) is 4.98. The maximum atomic E-state index is 11.8. The number of aliphatic carboxylic acids is 1. The van der Waals surface area contributed by atoms with Crippen molar-refractivity contribution in [1.29, 1.82) is 0 Å². The van der Waals surface area contributed by atoms with Crippen molar-refractivity contribution in [3.05, 3.63) is 35.9 Å². The zero-order valence-electron chi connectivity index (χ0n) is 12.9.